The first-order valence-corrected chi connectivity index (χ1v) is 12.1. The van der Waals surface area contributed by atoms with Gasteiger partial charge in [-0.3, -0.25) is 9.59 Å². The fraction of sp³-hybridized carbons (Fsp3) is 0.375. The summed E-state index contributed by atoms with van der Waals surface area (Å²) in [5.41, 5.74) is 1.58. The maximum atomic E-state index is 13.3. The molecule has 1 unspecified atom stereocenters. The fourth-order valence-electron chi connectivity index (χ4n) is 3.76. The predicted molar refractivity (Wildman–Crippen MR) is 129 cm³/mol. The molecule has 0 saturated carbocycles. The van der Waals surface area contributed by atoms with Crippen LogP contribution in [0.1, 0.15) is 49.9 Å². The number of likely N-dealkylation sites (N-methyl/N-ethyl adjacent to an activating group) is 1. The number of aromatic nitrogens is 3. The van der Waals surface area contributed by atoms with Gasteiger partial charge in [0.1, 0.15) is 5.01 Å². The molecule has 1 atom stereocenters. The van der Waals surface area contributed by atoms with Crippen LogP contribution in [0.4, 0.5) is 13.2 Å². The molecule has 2 amide bonds. The van der Waals surface area contributed by atoms with Crippen molar-refractivity contribution in [1.29, 1.82) is 0 Å². The minimum absolute atomic E-state index is 0.170. The van der Waals surface area contributed by atoms with Crippen LogP contribution in [0, 0.1) is 6.92 Å². The molecule has 1 aromatic carbocycles. The monoisotopic (exact) mass is 518 g/mol. The lowest BCUT2D eigenvalue weighted by molar-refractivity contribution is -0.145. The normalized spacial score (nSPS) is 15.6. The van der Waals surface area contributed by atoms with Crippen molar-refractivity contribution in [2.75, 3.05) is 33.2 Å². The Morgan fingerprint density at radius 2 is 1.64 bits per heavy atom. The molecule has 1 aliphatic rings. The standard InChI is InChI=1S/C24H25F3N6O2S/c1-14-11-28-21(36-14)17-8-16(9-18(10-17)22(35)33-6-4-32(3)5-7-33)20(34)31-15(2)19-12-29-23(30-13-19)24(25,26)27/h8-13,15H,4-7H2,1-3H3,(H,31,34). The van der Waals surface area contributed by atoms with E-state index in [9.17, 15) is 22.8 Å². The fourth-order valence-corrected chi connectivity index (χ4v) is 4.51. The molecule has 4 rings (SSSR count). The number of thiazole rings is 1. The molecule has 3 heterocycles. The number of rotatable bonds is 5. The van der Waals surface area contributed by atoms with Gasteiger partial charge in [0.05, 0.1) is 6.04 Å². The first-order chi connectivity index (χ1) is 17.0. The highest BCUT2D eigenvalue weighted by molar-refractivity contribution is 7.14. The Bertz CT molecular complexity index is 1250. The quantitative estimate of drug-likeness (QED) is 0.553. The second kappa shape index (κ2) is 10.3. The predicted octanol–water partition coefficient (Wildman–Crippen LogP) is 3.81. The number of piperazine rings is 1. The molecule has 0 aliphatic carbocycles. The van der Waals surface area contributed by atoms with Crippen molar-refractivity contribution >= 4 is 23.2 Å². The molecule has 0 bridgehead atoms. The van der Waals surface area contributed by atoms with E-state index >= 15 is 0 Å². The number of carbonyl (C=O) groups excluding carboxylic acids is 2. The third-order valence-electron chi connectivity index (χ3n) is 5.87. The molecule has 0 radical (unpaired) electrons. The van der Waals surface area contributed by atoms with E-state index in [1.165, 1.54) is 17.4 Å². The molecule has 36 heavy (non-hydrogen) atoms. The number of carbonyl (C=O) groups is 2. The maximum Gasteiger partial charge on any atom is 0.451 e. The second-order valence-electron chi connectivity index (χ2n) is 8.70. The van der Waals surface area contributed by atoms with Gasteiger partial charge in [-0.2, -0.15) is 13.2 Å². The van der Waals surface area contributed by atoms with Crippen LogP contribution in [0.5, 0.6) is 0 Å². The Morgan fingerprint density at radius 3 is 2.22 bits per heavy atom. The highest BCUT2D eigenvalue weighted by Crippen LogP contribution is 2.28. The van der Waals surface area contributed by atoms with E-state index in [1.807, 2.05) is 14.0 Å². The number of hydrogen-bond donors (Lipinski definition) is 1. The summed E-state index contributed by atoms with van der Waals surface area (Å²) in [7, 11) is 2.00. The summed E-state index contributed by atoms with van der Waals surface area (Å²) in [6.07, 6.45) is -0.844. The van der Waals surface area contributed by atoms with Gasteiger partial charge in [0.25, 0.3) is 11.8 Å². The van der Waals surface area contributed by atoms with Gasteiger partial charge in [-0.05, 0) is 39.1 Å². The van der Waals surface area contributed by atoms with Crippen LogP contribution in [0.2, 0.25) is 0 Å². The number of nitrogens with one attached hydrogen (secondary N) is 1. The molecule has 2 aromatic heterocycles. The zero-order chi connectivity index (χ0) is 26.0. The molecule has 1 fully saturated rings. The van der Waals surface area contributed by atoms with Crippen LogP contribution in [0.15, 0.2) is 36.8 Å². The SMILES string of the molecule is Cc1cnc(-c2cc(C(=O)NC(C)c3cnc(C(F)(F)F)nc3)cc(C(=O)N3CCN(C)CC3)c2)s1. The number of alkyl halides is 3. The molecular weight excluding hydrogens is 493 g/mol. The van der Waals surface area contributed by atoms with Gasteiger partial charge in [-0.15, -0.1) is 11.3 Å². The van der Waals surface area contributed by atoms with Crippen molar-refractivity contribution < 1.29 is 22.8 Å². The topological polar surface area (TPSA) is 91.3 Å². The smallest absolute Gasteiger partial charge is 0.345 e. The van der Waals surface area contributed by atoms with E-state index in [4.69, 9.17) is 0 Å². The highest BCUT2D eigenvalue weighted by Gasteiger charge is 2.34. The van der Waals surface area contributed by atoms with E-state index in [0.717, 1.165) is 30.4 Å². The largest absolute Gasteiger partial charge is 0.451 e. The van der Waals surface area contributed by atoms with Crippen molar-refractivity contribution in [1.82, 2.24) is 30.1 Å². The number of amides is 2. The van der Waals surface area contributed by atoms with Gasteiger partial charge in [0.15, 0.2) is 0 Å². The Kier molecular flexibility index (Phi) is 7.36. The number of nitrogens with zero attached hydrogens (tertiary/aromatic N) is 5. The molecular formula is C24H25F3N6O2S. The van der Waals surface area contributed by atoms with Crippen LogP contribution in [0.3, 0.4) is 0 Å². The van der Waals surface area contributed by atoms with Gasteiger partial charge in [-0.1, -0.05) is 0 Å². The minimum atomic E-state index is -4.65. The molecule has 1 N–H and O–H groups in total. The van der Waals surface area contributed by atoms with Gasteiger partial charge in [0.2, 0.25) is 5.82 Å². The lowest BCUT2D eigenvalue weighted by Crippen LogP contribution is -2.47. The van der Waals surface area contributed by atoms with Crippen molar-refractivity contribution in [2.24, 2.45) is 0 Å². The van der Waals surface area contributed by atoms with Crippen molar-refractivity contribution in [2.45, 2.75) is 26.1 Å². The van der Waals surface area contributed by atoms with Crippen molar-refractivity contribution in [3.05, 3.63) is 64.2 Å². The first kappa shape index (κ1) is 25.7. The Balaban J connectivity index is 1.60. The van der Waals surface area contributed by atoms with Crippen LogP contribution in [-0.2, 0) is 6.18 Å². The van der Waals surface area contributed by atoms with Crippen LogP contribution in [0.25, 0.3) is 10.6 Å². The van der Waals surface area contributed by atoms with E-state index in [1.54, 1.807) is 30.2 Å². The lowest BCUT2D eigenvalue weighted by Gasteiger charge is -2.32. The number of hydrogen-bond acceptors (Lipinski definition) is 7. The van der Waals surface area contributed by atoms with E-state index < -0.39 is 23.9 Å². The van der Waals surface area contributed by atoms with E-state index in [0.29, 0.717) is 34.8 Å². The average Bonchev–Trinajstić information content (AvgIpc) is 3.29. The van der Waals surface area contributed by atoms with Crippen LogP contribution < -0.4 is 5.32 Å². The summed E-state index contributed by atoms with van der Waals surface area (Å²) < 4.78 is 38.3. The molecule has 0 spiro atoms. The third kappa shape index (κ3) is 5.88. The molecule has 1 saturated heterocycles. The summed E-state index contributed by atoms with van der Waals surface area (Å²) in [5.74, 6) is -1.90. The second-order valence-corrected chi connectivity index (χ2v) is 9.94. The molecule has 190 valence electrons. The maximum absolute atomic E-state index is 13.3. The summed E-state index contributed by atoms with van der Waals surface area (Å²) in [5, 5.41) is 3.44. The summed E-state index contributed by atoms with van der Waals surface area (Å²) in [6, 6.07) is 4.27. The minimum Gasteiger partial charge on any atom is -0.345 e. The molecule has 3 aromatic rings. The molecule has 1 aliphatic heterocycles. The van der Waals surface area contributed by atoms with Crippen LogP contribution in [-0.4, -0.2) is 69.8 Å². The van der Waals surface area contributed by atoms with E-state index in [2.05, 4.69) is 25.2 Å². The Morgan fingerprint density at radius 1 is 1.00 bits per heavy atom. The highest BCUT2D eigenvalue weighted by atomic mass is 32.1. The number of benzene rings is 1. The first-order valence-electron chi connectivity index (χ1n) is 11.3. The summed E-state index contributed by atoms with van der Waals surface area (Å²) in [4.78, 5) is 42.4. The van der Waals surface area contributed by atoms with Gasteiger partial charge < -0.3 is 15.1 Å². The zero-order valence-electron chi connectivity index (χ0n) is 20.0. The summed E-state index contributed by atoms with van der Waals surface area (Å²) >= 11 is 1.45. The molecule has 8 nitrogen and oxygen atoms in total. The van der Waals surface area contributed by atoms with Crippen LogP contribution >= 0.6 is 11.3 Å². The number of halogens is 3. The molecule has 12 heteroatoms. The average molecular weight is 519 g/mol. The lowest BCUT2D eigenvalue weighted by atomic mass is 10.0. The Labute approximate surface area is 210 Å². The Hall–Kier alpha value is -3.38. The van der Waals surface area contributed by atoms with Crippen molar-refractivity contribution in [3.8, 4) is 10.6 Å². The zero-order valence-corrected chi connectivity index (χ0v) is 20.8. The van der Waals surface area contributed by atoms with Gasteiger partial charge in [-0.25, -0.2) is 15.0 Å². The number of aryl methyl sites for hydroxylation is 1. The van der Waals surface area contributed by atoms with Gasteiger partial charge in [0, 0.05) is 71.9 Å². The van der Waals surface area contributed by atoms with Crippen molar-refractivity contribution in [3.63, 3.8) is 0 Å². The van der Waals surface area contributed by atoms with E-state index in [-0.39, 0.29) is 11.5 Å². The third-order valence-corrected chi connectivity index (χ3v) is 6.84. The van der Waals surface area contributed by atoms with Gasteiger partial charge >= 0.3 is 6.18 Å². The summed E-state index contributed by atoms with van der Waals surface area (Å²) in [6.45, 7) is 6.23.